The lowest BCUT2D eigenvalue weighted by Gasteiger charge is -2.47. The average Bonchev–Trinajstić information content (AvgIpc) is 3.51. The molecule has 1 spiro atoms. The van der Waals surface area contributed by atoms with Crippen LogP contribution in [0.3, 0.4) is 0 Å². The summed E-state index contributed by atoms with van der Waals surface area (Å²) in [7, 11) is 0. The van der Waals surface area contributed by atoms with Crippen molar-refractivity contribution in [3.8, 4) is 56.0 Å². The first-order chi connectivity index (χ1) is 25.6. The fourth-order valence-corrected chi connectivity index (χ4v) is 9.18. The minimum atomic E-state index is -0.472. The van der Waals surface area contributed by atoms with Crippen LogP contribution in [0.15, 0.2) is 182 Å². The summed E-state index contributed by atoms with van der Waals surface area (Å²) >= 11 is 0. The molecule has 0 N–H and O–H groups in total. The SMILES string of the molecule is CC1(C)c2ccccc2C2(c3ccccc3-c3ccccc32)c2cccc(-c3nc(-c4ccc(-c5ccccc5)cc4)ncc3-c3ccccc3)c21. The normalized spacial score (nSPS) is 14.3. The van der Waals surface area contributed by atoms with Gasteiger partial charge in [-0.2, -0.15) is 0 Å². The van der Waals surface area contributed by atoms with Gasteiger partial charge in [-0.25, -0.2) is 9.97 Å². The van der Waals surface area contributed by atoms with Crippen LogP contribution < -0.4 is 0 Å². The van der Waals surface area contributed by atoms with E-state index < -0.39 is 5.41 Å². The highest BCUT2D eigenvalue weighted by Crippen LogP contribution is 2.63. The Morgan fingerprint density at radius 1 is 0.365 bits per heavy atom. The molecule has 52 heavy (non-hydrogen) atoms. The van der Waals surface area contributed by atoms with Crippen molar-refractivity contribution in [2.75, 3.05) is 0 Å². The van der Waals surface area contributed by atoms with E-state index in [1.54, 1.807) is 0 Å². The summed E-state index contributed by atoms with van der Waals surface area (Å²) in [6.45, 7) is 4.78. The Morgan fingerprint density at radius 3 is 1.50 bits per heavy atom. The van der Waals surface area contributed by atoms with E-state index in [0.29, 0.717) is 5.82 Å². The lowest BCUT2D eigenvalue weighted by molar-refractivity contribution is 0.564. The van der Waals surface area contributed by atoms with Gasteiger partial charge in [0.2, 0.25) is 0 Å². The number of rotatable bonds is 4. The van der Waals surface area contributed by atoms with Crippen LogP contribution in [0.25, 0.3) is 56.0 Å². The monoisotopic (exact) mass is 664 g/mol. The minimum absolute atomic E-state index is 0.323. The van der Waals surface area contributed by atoms with Crippen molar-refractivity contribution in [2.45, 2.75) is 24.7 Å². The third-order valence-electron chi connectivity index (χ3n) is 11.4. The molecular weight excluding hydrogens is 629 g/mol. The first-order valence-corrected chi connectivity index (χ1v) is 18.1. The number of hydrogen-bond donors (Lipinski definition) is 0. The van der Waals surface area contributed by atoms with Crippen LogP contribution in [-0.2, 0) is 10.8 Å². The molecule has 0 amide bonds. The zero-order chi connectivity index (χ0) is 34.9. The van der Waals surface area contributed by atoms with Crippen LogP contribution in [0.1, 0.15) is 47.2 Å². The lowest BCUT2D eigenvalue weighted by atomic mass is 9.54. The van der Waals surface area contributed by atoms with Gasteiger partial charge in [-0.1, -0.05) is 190 Å². The molecule has 2 heteroatoms. The standard InChI is InChI=1S/C50H36N2/c1-49(2)43-25-13-14-26-44(43)50(41-23-11-9-20-37(41)38-21-10-12-24-42(38)50)45-27-15-22-39(46(45)49)47-40(35-18-7-4-8-19-35)32-51-48(52-47)36-30-28-34(29-31-36)33-16-5-3-6-17-33/h3-32H,1-2H3. The van der Waals surface area contributed by atoms with Gasteiger partial charge in [0.25, 0.3) is 0 Å². The molecule has 0 saturated heterocycles. The van der Waals surface area contributed by atoms with E-state index in [1.165, 1.54) is 55.6 Å². The van der Waals surface area contributed by atoms with Gasteiger partial charge >= 0.3 is 0 Å². The molecule has 2 aliphatic carbocycles. The number of aromatic nitrogens is 2. The molecule has 0 atom stereocenters. The van der Waals surface area contributed by atoms with Crippen LogP contribution in [-0.4, -0.2) is 9.97 Å². The first-order valence-electron chi connectivity index (χ1n) is 18.1. The number of benzene rings is 7. The molecule has 0 aliphatic heterocycles. The van der Waals surface area contributed by atoms with E-state index in [2.05, 4.69) is 190 Å². The van der Waals surface area contributed by atoms with Gasteiger partial charge in [0, 0.05) is 28.3 Å². The second kappa shape index (κ2) is 11.6. The third-order valence-corrected chi connectivity index (χ3v) is 11.4. The van der Waals surface area contributed by atoms with Crippen LogP contribution >= 0.6 is 0 Å². The molecule has 7 aromatic carbocycles. The van der Waals surface area contributed by atoms with E-state index in [-0.39, 0.29) is 5.41 Å². The molecule has 246 valence electrons. The molecule has 1 heterocycles. The molecule has 0 saturated carbocycles. The maximum Gasteiger partial charge on any atom is 0.159 e. The Morgan fingerprint density at radius 2 is 0.846 bits per heavy atom. The summed E-state index contributed by atoms with van der Waals surface area (Å²) in [4.78, 5) is 10.5. The van der Waals surface area contributed by atoms with Crippen molar-refractivity contribution < 1.29 is 0 Å². The topological polar surface area (TPSA) is 25.8 Å². The van der Waals surface area contributed by atoms with Crippen molar-refractivity contribution in [1.29, 1.82) is 0 Å². The second-order valence-electron chi connectivity index (χ2n) is 14.5. The maximum atomic E-state index is 5.51. The molecule has 2 aliphatic rings. The molecule has 10 rings (SSSR count). The van der Waals surface area contributed by atoms with Gasteiger partial charge in [0.15, 0.2) is 5.82 Å². The Kier molecular flexibility index (Phi) is 6.78. The van der Waals surface area contributed by atoms with Crippen molar-refractivity contribution >= 4 is 0 Å². The van der Waals surface area contributed by atoms with Gasteiger partial charge in [-0.3, -0.25) is 0 Å². The summed E-state index contributed by atoms with van der Waals surface area (Å²) < 4.78 is 0. The lowest BCUT2D eigenvalue weighted by Crippen LogP contribution is -2.41. The molecule has 2 nitrogen and oxygen atoms in total. The third kappa shape index (κ3) is 4.31. The van der Waals surface area contributed by atoms with Crippen LogP contribution in [0.5, 0.6) is 0 Å². The largest absolute Gasteiger partial charge is 0.236 e. The van der Waals surface area contributed by atoms with E-state index >= 15 is 0 Å². The molecule has 0 bridgehead atoms. The highest BCUT2D eigenvalue weighted by atomic mass is 14.9. The van der Waals surface area contributed by atoms with Gasteiger partial charge in [0.1, 0.15) is 0 Å². The van der Waals surface area contributed by atoms with E-state index in [9.17, 15) is 0 Å². The Hall–Kier alpha value is -6.38. The van der Waals surface area contributed by atoms with Crippen LogP contribution in [0.4, 0.5) is 0 Å². The van der Waals surface area contributed by atoms with Crippen molar-refractivity contribution in [1.82, 2.24) is 9.97 Å². The molecular formula is C50H36N2. The fraction of sp³-hybridized carbons (Fsp3) is 0.0800. The Bertz CT molecular complexity index is 2590. The van der Waals surface area contributed by atoms with Crippen molar-refractivity contribution in [3.63, 3.8) is 0 Å². The van der Waals surface area contributed by atoms with Gasteiger partial charge in [-0.15, -0.1) is 0 Å². The van der Waals surface area contributed by atoms with Gasteiger partial charge in [-0.05, 0) is 61.2 Å². The summed E-state index contributed by atoms with van der Waals surface area (Å²) in [5.74, 6) is 0.715. The highest BCUT2D eigenvalue weighted by Gasteiger charge is 2.53. The summed E-state index contributed by atoms with van der Waals surface area (Å²) in [6, 6.07) is 63.8. The van der Waals surface area contributed by atoms with Gasteiger partial charge in [0.05, 0.1) is 11.1 Å². The summed E-state index contributed by atoms with van der Waals surface area (Å²) in [5, 5.41) is 0. The highest BCUT2D eigenvalue weighted by molar-refractivity contribution is 5.91. The molecule has 0 fully saturated rings. The number of fused-ring (bicyclic) bond motifs is 9. The minimum Gasteiger partial charge on any atom is -0.236 e. The number of nitrogens with zero attached hydrogens (tertiary/aromatic N) is 2. The van der Waals surface area contributed by atoms with Crippen molar-refractivity contribution in [3.05, 3.63) is 216 Å². The zero-order valence-corrected chi connectivity index (χ0v) is 29.2. The van der Waals surface area contributed by atoms with E-state index in [4.69, 9.17) is 9.97 Å². The Balaban J connectivity index is 1.26. The Labute approximate surface area is 305 Å². The first kappa shape index (κ1) is 30.4. The quantitative estimate of drug-likeness (QED) is 0.187. The number of hydrogen-bond acceptors (Lipinski definition) is 2. The second-order valence-corrected chi connectivity index (χ2v) is 14.5. The predicted molar refractivity (Wildman–Crippen MR) is 213 cm³/mol. The smallest absolute Gasteiger partial charge is 0.159 e. The zero-order valence-electron chi connectivity index (χ0n) is 29.2. The summed E-state index contributed by atoms with van der Waals surface area (Å²) in [6.07, 6.45) is 2.03. The molecule has 8 aromatic rings. The fourth-order valence-electron chi connectivity index (χ4n) is 9.18. The van der Waals surface area contributed by atoms with Crippen LogP contribution in [0.2, 0.25) is 0 Å². The van der Waals surface area contributed by atoms with Gasteiger partial charge < -0.3 is 0 Å². The van der Waals surface area contributed by atoms with Crippen LogP contribution in [0, 0.1) is 0 Å². The maximum absolute atomic E-state index is 5.51. The average molecular weight is 665 g/mol. The van der Waals surface area contributed by atoms with E-state index in [0.717, 1.165) is 27.9 Å². The molecule has 0 radical (unpaired) electrons. The molecule has 0 unspecified atom stereocenters. The van der Waals surface area contributed by atoms with E-state index in [1.807, 2.05) is 6.20 Å². The molecule has 1 aromatic heterocycles. The summed E-state index contributed by atoms with van der Waals surface area (Å²) in [5.41, 5.74) is 17.4. The predicted octanol–water partition coefficient (Wildman–Crippen LogP) is 12.1. The van der Waals surface area contributed by atoms with Crippen molar-refractivity contribution in [2.24, 2.45) is 0 Å².